The maximum absolute atomic E-state index is 12.8. The van der Waals surface area contributed by atoms with Crippen molar-refractivity contribution in [3.05, 3.63) is 65.7 Å². The highest BCUT2D eigenvalue weighted by Gasteiger charge is 2.22. The van der Waals surface area contributed by atoms with E-state index >= 15 is 0 Å². The molecule has 0 amide bonds. The molecule has 0 unspecified atom stereocenters. The van der Waals surface area contributed by atoms with Gasteiger partial charge in [-0.25, -0.2) is 0 Å². The van der Waals surface area contributed by atoms with Crippen molar-refractivity contribution in [2.45, 2.75) is 17.7 Å². The molecule has 1 heterocycles. The predicted molar refractivity (Wildman–Crippen MR) is 114 cm³/mol. The van der Waals surface area contributed by atoms with Gasteiger partial charge in [-0.2, -0.15) is 8.42 Å². The van der Waals surface area contributed by atoms with E-state index in [2.05, 4.69) is 5.32 Å². The minimum absolute atomic E-state index is 0.0632. The lowest BCUT2D eigenvalue weighted by atomic mass is 9.99. The van der Waals surface area contributed by atoms with Gasteiger partial charge < -0.3 is 14.2 Å². The van der Waals surface area contributed by atoms with Crippen LogP contribution < -0.4 is 14.2 Å². The van der Waals surface area contributed by atoms with Crippen molar-refractivity contribution < 1.29 is 17.3 Å². The highest BCUT2D eigenvalue weighted by molar-refractivity contribution is 7.87. The van der Waals surface area contributed by atoms with E-state index in [-0.39, 0.29) is 15.7 Å². The monoisotopic (exact) mass is 431 g/mol. The summed E-state index contributed by atoms with van der Waals surface area (Å²) in [5, 5.41) is 5.00. The van der Waals surface area contributed by atoms with Crippen molar-refractivity contribution in [2.75, 3.05) is 19.7 Å². The summed E-state index contributed by atoms with van der Waals surface area (Å²) in [6.45, 7) is 2.59. The highest BCUT2D eigenvalue weighted by Crippen LogP contribution is 2.34. The Bertz CT molecular complexity index is 1110. The van der Waals surface area contributed by atoms with Crippen LogP contribution in [0.4, 0.5) is 0 Å². The van der Waals surface area contributed by atoms with Gasteiger partial charge in [0.25, 0.3) is 0 Å². The number of halogens is 1. The fourth-order valence-electron chi connectivity index (χ4n) is 3.47. The number of hydrogen-bond donors (Lipinski definition) is 1. The maximum Gasteiger partial charge on any atom is 0.340 e. The molecule has 0 bridgehead atoms. The SMILES string of the molecule is O=S(=O)(Oc1cc(OCC2CCNCC2)cc2ccccc12)c1ccccc1Cl. The molecule has 1 aliphatic rings. The third-order valence-corrected chi connectivity index (χ3v) is 6.78. The molecule has 1 fully saturated rings. The van der Waals surface area contributed by atoms with Crippen LogP contribution >= 0.6 is 11.6 Å². The molecule has 0 atom stereocenters. The fraction of sp³-hybridized carbons (Fsp3) is 0.273. The zero-order valence-electron chi connectivity index (χ0n) is 15.8. The molecule has 7 heteroatoms. The van der Waals surface area contributed by atoms with Crippen molar-refractivity contribution >= 4 is 32.5 Å². The number of ether oxygens (including phenoxy) is 1. The molecule has 1 aliphatic heterocycles. The Morgan fingerprint density at radius 3 is 2.52 bits per heavy atom. The van der Waals surface area contributed by atoms with Crippen molar-refractivity contribution in [1.29, 1.82) is 0 Å². The van der Waals surface area contributed by atoms with Crippen LogP contribution in [-0.2, 0) is 10.1 Å². The first-order valence-electron chi connectivity index (χ1n) is 9.58. The van der Waals surface area contributed by atoms with Crippen LogP contribution in [0.5, 0.6) is 11.5 Å². The molecular formula is C22H22ClNO4S. The number of nitrogens with one attached hydrogen (secondary N) is 1. The van der Waals surface area contributed by atoms with Crippen LogP contribution in [0.25, 0.3) is 10.8 Å². The van der Waals surface area contributed by atoms with E-state index in [1.165, 1.54) is 12.1 Å². The molecule has 3 aromatic rings. The van der Waals surface area contributed by atoms with Gasteiger partial charge in [-0.1, -0.05) is 48.0 Å². The molecule has 1 saturated heterocycles. The minimum Gasteiger partial charge on any atom is -0.493 e. The van der Waals surface area contributed by atoms with Crippen LogP contribution in [0.3, 0.4) is 0 Å². The largest absolute Gasteiger partial charge is 0.493 e. The molecule has 3 aromatic carbocycles. The first kappa shape index (κ1) is 20.0. The average Bonchev–Trinajstić information content (AvgIpc) is 2.73. The molecule has 0 saturated carbocycles. The topological polar surface area (TPSA) is 64.6 Å². The molecule has 152 valence electrons. The van der Waals surface area contributed by atoms with E-state index in [4.69, 9.17) is 20.5 Å². The van der Waals surface area contributed by atoms with Gasteiger partial charge in [0, 0.05) is 11.5 Å². The summed E-state index contributed by atoms with van der Waals surface area (Å²) in [5.41, 5.74) is 0. The molecule has 5 nitrogen and oxygen atoms in total. The number of piperidine rings is 1. The second-order valence-corrected chi connectivity index (χ2v) is 9.04. The van der Waals surface area contributed by atoms with E-state index in [1.807, 2.05) is 30.3 Å². The van der Waals surface area contributed by atoms with Crippen molar-refractivity contribution in [3.63, 3.8) is 0 Å². The van der Waals surface area contributed by atoms with Gasteiger partial charge >= 0.3 is 10.1 Å². The van der Waals surface area contributed by atoms with Gasteiger partial charge in [-0.15, -0.1) is 0 Å². The van der Waals surface area contributed by atoms with E-state index in [0.717, 1.165) is 31.3 Å². The molecule has 4 rings (SSSR count). The van der Waals surface area contributed by atoms with Crippen molar-refractivity contribution in [1.82, 2.24) is 5.32 Å². The first-order valence-corrected chi connectivity index (χ1v) is 11.4. The minimum atomic E-state index is -4.08. The van der Waals surface area contributed by atoms with E-state index < -0.39 is 10.1 Å². The Morgan fingerprint density at radius 2 is 1.72 bits per heavy atom. The van der Waals surface area contributed by atoms with Gasteiger partial charge in [-0.05, 0) is 55.4 Å². The number of benzene rings is 3. The van der Waals surface area contributed by atoms with Crippen LogP contribution in [0.1, 0.15) is 12.8 Å². The quantitative estimate of drug-likeness (QED) is 0.576. The van der Waals surface area contributed by atoms with Crippen LogP contribution in [0.2, 0.25) is 5.02 Å². The standard InChI is InChI=1S/C22H22ClNO4S/c23-20-7-3-4-8-22(20)29(25,26)28-21-14-18(13-17-5-1-2-6-19(17)21)27-15-16-9-11-24-12-10-16/h1-8,13-14,16,24H,9-12,15H2. The van der Waals surface area contributed by atoms with E-state index in [9.17, 15) is 8.42 Å². The summed E-state index contributed by atoms with van der Waals surface area (Å²) in [4.78, 5) is -0.0632. The number of rotatable bonds is 6. The van der Waals surface area contributed by atoms with Crippen LogP contribution in [0.15, 0.2) is 65.6 Å². The van der Waals surface area contributed by atoms with Crippen LogP contribution in [-0.4, -0.2) is 28.1 Å². The van der Waals surface area contributed by atoms with Crippen molar-refractivity contribution in [2.24, 2.45) is 5.92 Å². The van der Waals surface area contributed by atoms with Gasteiger partial charge in [-0.3, -0.25) is 0 Å². The van der Waals surface area contributed by atoms with Crippen LogP contribution in [0, 0.1) is 5.92 Å². The van der Waals surface area contributed by atoms with Crippen molar-refractivity contribution in [3.8, 4) is 11.5 Å². The predicted octanol–water partition coefficient (Wildman–Crippen LogP) is 4.64. The molecule has 0 aliphatic carbocycles. The van der Waals surface area contributed by atoms with Gasteiger partial charge in [0.15, 0.2) is 5.75 Å². The third kappa shape index (κ3) is 4.66. The summed E-state index contributed by atoms with van der Waals surface area (Å²) in [6, 6.07) is 17.2. The van der Waals surface area contributed by atoms with Gasteiger partial charge in [0.1, 0.15) is 10.6 Å². The number of hydrogen-bond acceptors (Lipinski definition) is 5. The normalized spacial score (nSPS) is 15.3. The Kier molecular flexibility index (Phi) is 5.94. The molecule has 0 spiro atoms. The smallest absolute Gasteiger partial charge is 0.340 e. The number of fused-ring (bicyclic) bond motifs is 1. The van der Waals surface area contributed by atoms with Gasteiger partial charge in [0.2, 0.25) is 0 Å². The molecule has 0 radical (unpaired) electrons. The Hall–Kier alpha value is -2.28. The van der Waals surface area contributed by atoms with Gasteiger partial charge in [0.05, 0.1) is 11.6 Å². The fourth-order valence-corrected chi connectivity index (χ4v) is 4.91. The molecule has 29 heavy (non-hydrogen) atoms. The third-order valence-electron chi connectivity index (χ3n) is 5.05. The first-order chi connectivity index (χ1) is 14.0. The second kappa shape index (κ2) is 8.61. The lowest BCUT2D eigenvalue weighted by Crippen LogP contribution is -2.30. The molecular weight excluding hydrogens is 410 g/mol. The maximum atomic E-state index is 12.8. The lowest BCUT2D eigenvalue weighted by Gasteiger charge is -2.23. The highest BCUT2D eigenvalue weighted by atomic mass is 35.5. The summed E-state index contributed by atoms with van der Waals surface area (Å²) in [5.74, 6) is 1.30. The summed E-state index contributed by atoms with van der Waals surface area (Å²) < 4.78 is 37.2. The Morgan fingerprint density at radius 1 is 1.00 bits per heavy atom. The van der Waals surface area contributed by atoms with E-state index in [0.29, 0.717) is 23.7 Å². The lowest BCUT2D eigenvalue weighted by molar-refractivity contribution is 0.215. The summed E-state index contributed by atoms with van der Waals surface area (Å²) in [6.07, 6.45) is 2.13. The Labute approximate surface area is 175 Å². The summed E-state index contributed by atoms with van der Waals surface area (Å²) >= 11 is 6.07. The zero-order valence-corrected chi connectivity index (χ0v) is 17.4. The zero-order chi connectivity index (χ0) is 20.3. The average molecular weight is 432 g/mol. The summed E-state index contributed by atoms with van der Waals surface area (Å²) in [7, 11) is -4.08. The molecule has 0 aromatic heterocycles. The molecule has 1 N–H and O–H groups in total. The second-order valence-electron chi connectivity index (χ2n) is 7.11. The Balaban J connectivity index is 1.64. The van der Waals surface area contributed by atoms with E-state index in [1.54, 1.807) is 18.2 Å².